The predicted octanol–water partition coefficient (Wildman–Crippen LogP) is 5.02. The van der Waals surface area contributed by atoms with Crippen molar-refractivity contribution in [1.29, 1.82) is 0 Å². The van der Waals surface area contributed by atoms with Crippen LogP contribution in [0.5, 0.6) is 0 Å². The number of nitrogens with zero attached hydrogens (tertiary/aromatic N) is 1. The Morgan fingerprint density at radius 3 is 2.34 bits per heavy atom. The van der Waals surface area contributed by atoms with Crippen molar-refractivity contribution in [2.24, 2.45) is 0 Å². The summed E-state index contributed by atoms with van der Waals surface area (Å²) in [5, 5.41) is 2.98. The minimum atomic E-state index is -0.196. The van der Waals surface area contributed by atoms with E-state index in [1.807, 2.05) is 60.4 Å². The Bertz CT molecular complexity index is 1010. The molecule has 4 nitrogen and oxygen atoms in total. The number of rotatable bonds is 5. The van der Waals surface area contributed by atoms with Crippen molar-refractivity contribution in [3.8, 4) is 0 Å². The fraction of sp³-hybridized carbons (Fsp3) is 0.200. The first kappa shape index (κ1) is 18.9. The minimum Gasteiger partial charge on any atom is -0.326 e. The number of carbonyl (C=O) groups excluding carboxylic acids is 2. The highest BCUT2D eigenvalue weighted by Crippen LogP contribution is 2.29. The topological polar surface area (TPSA) is 49.4 Å². The van der Waals surface area contributed by atoms with Crippen LogP contribution in [0, 0.1) is 0 Å². The fourth-order valence-corrected chi connectivity index (χ4v) is 3.89. The molecule has 146 valence electrons. The zero-order chi connectivity index (χ0) is 20.2. The van der Waals surface area contributed by atoms with Crippen LogP contribution in [0.4, 0.5) is 11.4 Å². The Morgan fingerprint density at radius 2 is 1.62 bits per heavy atom. The van der Waals surface area contributed by atoms with Crippen LogP contribution in [0.3, 0.4) is 0 Å². The average molecular weight is 384 g/mol. The molecule has 0 radical (unpaired) electrons. The van der Waals surface area contributed by atoms with Crippen LogP contribution in [-0.4, -0.2) is 18.4 Å². The molecule has 0 saturated heterocycles. The summed E-state index contributed by atoms with van der Waals surface area (Å²) < 4.78 is 0. The molecule has 0 aliphatic carbocycles. The van der Waals surface area contributed by atoms with Crippen LogP contribution in [0.15, 0.2) is 78.9 Å². The lowest BCUT2D eigenvalue weighted by Crippen LogP contribution is -2.28. The van der Waals surface area contributed by atoms with Crippen molar-refractivity contribution in [2.45, 2.75) is 25.7 Å². The van der Waals surface area contributed by atoms with Crippen LogP contribution < -0.4 is 10.2 Å². The third-order valence-electron chi connectivity index (χ3n) is 5.46. The predicted molar refractivity (Wildman–Crippen MR) is 116 cm³/mol. The smallest absolute Gasteiger partial charge is 0.258 e. The van der Waals surface area contributed by atoms with Crippen LogP contribution >= 0.6 is 0 Å². The summed E-state index contributed by atoms with van der Waals surface area (Å²) in [6, 6.07) is 25.0. The maximum Gasteiger partial charge on any atom is 0.258 e. The van der Waals surface area contributed by atoms with Crippen LogP contribution in [0.2, 0.25) is 0 Å². The Morgan fingerprint density at radius 1 is 0.931 bits per heavy atom. The molecule has 29 heavy (non-hydrogen) atoms. The van der Waals surface area contributed by atoms with Crippen molar-refractivity contribution in [3.63, 3.8) is 0 Å². The third kappa shape index (κ3) is 3.92. The maximum atomic E-state index is 12.9. The molecule has 0 bridgehead atoms. The number of nitrogens with one attached hydrogen (secondary N) is 1. The molecular formula is C25H24N2O2. The molecule has 2 amide bonds. The van der Waals surface area contributed by atoms with Gasteiger partial charge in [0.15, 0.2) is 0 Å². The number of anilines is 2. The summed E-state index contributed by atoms with van der Waals surface area (Å²) in [6.45, 7) is 2.71. The quantitative estimate of drug-likeness (QED) is 0.671. The molecular weight excluding hydrogens is 360 g/mol. The van der Waals surface area contributed by atoms with E-state index >= 15 is 0 Å². The lowest BCUT2D eigenvalue weighted by molar-refractivity contribution is -0.117. The van der Waals surface area contributed by atoms with Gasteiger partial charge in [-0.15, -0.1) is 0 Å². The highest BCUT2D eigenvalue weighted by molar-refractivity contribution is 6.07. The fourth-order valence-electron chi connectivity index (χ4n) is 3.89. The number of para-hydroxylation sites is 1. The second-order valence-corrected chi connectivity index (χ2v) is 7.27. The lowest BCUT2D eigenvalue weighted by Gasteiger charge is -2.18. The molecule has 0 fully saturated rings. The summed E-state index contributed by atoms with van der Waals surface area (Å²) in [7, 11) is 0. The monoisotopic (exact) mass is 384 g/mol. The molecule has 1 aliphatic rings. The number of hydrogen-bond acceptors (Lipinski definition) is 2. The zero-order valence-corrected chi connectivity index (χ0v) is 16.5. The van der Waals surface area contributed by atoms with Gasteiger partial charge in [-0.2, -0.15) is 0 Å². The van der Waals surface area contributed by atoms with Crippen molar-refractivity contribution in [3.05, 3.63) is 95.6 Å². The molecule has 1 aliphatic heterocycles. The molecule has 4 rings (SSSR count). The van der Waals surface area contributed by atoms with Gasteiger partial charge in [0.1, 0.15) is 0 Å². The molecule has 1 heterocycles. The molecule has 3 aromatic carbocycles. The lowest BCUT2D eigenvalue weighted by atomic mass is 9.95. The molecule has 1 atom stereocenters. The number of fused-ring (bicyclic) bond motifs is 1. The highest BCUT2D eigenvalue weighted by atomic mass is 16.2. The van der Waals surface area contributed by atoms with E-state index in [0.717, 1.165) is 24.1 Å². The number of hydrogen-bond donors (Lipinski definition) is 1. The van der Waals surface area contributed by atoms with Gasteiger partial charge in [-0.05, 0) is 54.3 Å². The summed E-state index contributed by atoms with van der Waals surface area (Å²) in [5.74, 6) is -0.242. The first-order valence-electron chi connectivity index (χ1n) is 10.0. The molecule has 1 N–H and O–H groups in total. The minimum absolute atomic E-state index is 0.0106. The van der Waals surface area contributed by atoms with Crippen molar-refractivity contribution < 1.29 is 9.59 Å². The van der Waals surface area contributed by atoms with E-state index < -0.39 is 0 Å². The number of benzene rings is 3. The summed E-state index contributed by atoms with van der Waals surface area (Å²) >= 11 is 0. The Balaban J connectivity index is 1.46. The van der Waals surface area contributed by atoms with Gasteiger partial charge in [0.2, 0.25) is 5.91 Å². The van der Waals surface area contributed by atoms with Gasteiger partial charge in [-0.25, -0.2) is 0 Å². The van der Waals surface area contributed by atoms with Crippen LogP contribution in [0.1, 0.15) is 40.7 Å². The van der Waals surface area contributed by atoms with Gasteiger partial charge in [0.05, 0.1) is 5.92 Å². The van der Waals surface area contributed by atoms with Crippen molar-refractivity contribution in [1.82, 2.24) is 0 Å². The van der Waals surface area contributed by atoms with E-state index in [2.05, 4.69) is 11.4 Å². The van der Waals surface area contributed by atoms with E-state index in [-0.39, 0.29) is 17.7 Å². The van der Waals surface area contributed by atoms with Gasteiger partial charge in [0.25, 0.3) is 5.91 Å². The standard InChI is InChI=1S/C25H24N2O2/c1-2-22(18-8-4-3-5-9-18)24(28)26-21-14-12-20(13-15-21)25(29)27-17-16-19-10-6-7-11-23(19)27/h3-15,22H,2,16-17H2,1H3,(H,26,28). The summed E-state index contributed by atoms with van der Waals surface area (Å²) in [5.41, 5.74) is 4.52. The molecule has 0 aromatic heterocycles. The Kier molecular flexibility index (Phi) is 5.43. The third-order valence-corrected chi connectivity index (χ3v) is 5.46. The second kappa shape index (κ2) is 8.31. The summed E-state index contributed by atoms with van der Waals surface area (Å²) in [6.07, 6.45) is 1.61. The normalized spacial score (nSPS) is 13.6. The van der Waals surface area contributed by atoms with Crippen LogP contribution in [-0.2, 0) is 11.2 Å². The molecule has 3 aromatic rings. The molecule has 4 heteroatoms. The second-order valence-electron chi connectivity index (χ2n) is 7.27. The Labute approximate surface area is 171 Å². The number of amides is 2. The van der Waals surface area contributed by atoms with E-state index in [9.17, 15) is 9.59 Å². The van der Waals surface area contributed by atoms with E-state index in [4.69, 9.17) is 0 Å². The van der Waals surface area contributed by atoms with E-state index in [1.54, 1.807) is 24.3 Å². The largest absolute Gasteiger partial charge is 0.326 e. The number of carbonyl (C=O) groups is 2. The van der Waals surface area contributed by atoms with Gasteiger partial charge in [-0.1, -0.05) is 55.5 Å². The Hall–Kier alpha value is -3.40. The average Bonchev–Trinajstić information content (AvgIpc) is 3.19. The van der Waals surface area contributed by atoms with Crippen molar-refractivity contribution in [2.75, 3.05) is 16.8 Å². The van der Waals surface area contributed by atoms with E-state index in [0.29, 0.717) is 17.8 Å². The van der Waals surface area contributed by atoms with Crippen molar-refractivity contribution >= 4 is 23.2 Å². The molecule has 0 spiro atoms. The van der Waals surface area contributed by atoms with Gasteiger partial charge in [0, 0.05) is 23.5 Å². The van der Waals surface area contributed by atoms with Gasteiger partial charge >= 0.3 is 0 Å². The zero-order valence-electron chi connectivity index (χ0n) is 16.5. The summed E-state index contributed by atoms with van der Waals surface area (Å²) in [4.78, 5) is 27.5. The molecule has 1 unspecified atom stereocenters. The maximum absolute atomic E-state index is 12.9. The SMILES string of the molecule is CCC(C(=O)Nc1ccc(C(=O)N2CCc3ccccc32)cc1)c1ccccc1. The first-order valence-corrected chi connectivity index (χ1v) is 10.0. The molecule has 0 saturated carbocycles. The van der Waals surface area contributed by atoms with Gasteiger partial charge in [-0.3, -0.25) is 9.59 Å². The highest BCUT2D eigenvalue weighted by Gasteiger charge is 2.25. The van der Waals surface area contributed by atoms with Crippen LogP contribution in [0.25, 0.3) is 0 Å². The van der Waals surface area contributed by atoms with Gasteiger partial charge < -0.3 is 10.2 Å². The van der Waals surface area contributed by atoms with E-state index in [1.165, 1.54) is 5.56 Å². The first-order chi connectivity index (χ1) is 14.2.